The molecule has 1 rings (SSSR count). The van der Waals surface area contributed by atoms with Gasteiger partial charge in [0.15, 0.2) is 6.29 Å². The fourth-order valence-electron chi connectivity index (χ4n) is 1.19. The Kier molecular flexibility index (Phi) is 3.19. The van der Waals surface area contributed by atoms with E-state index in [0.29, 0.717) is 0 Å². The first-order valence-electron chi connectivity index (χ1n) is 3.82. The van der Waals surface area contributed by atoms with Crippen molar-refractivity contribution >= 4 is 0 Å². The van der Waals surface area contributed by atoms with E-state index in [1.165, 1.54) is 0 Å². The SMILES string of the molecule is N#CC[C@H]1OC(O)[C@H](O)[C@@H](O)[C@H]1O. The van der Waals surface area contributed by atoms with E-state index >= 15 is 0 Å². The molecule has 0 aliphatic carbocycles. The number of rotatable bonds is 1. The normalized spacial score (nSPS) is 45.6. The maximum Gasteiger partial charge on any atom is 0.183 e. The van der Waals surface area contributed by atoms with Crippen LogP contribution in [0.4, 0.5) is 0 Å². The second-order valence-corrected chi connectivity index (χ2v) is 2.90. The van der Waals surface area contributed by atoms with Crippen molar-refractivity contribution in [1.29, 1.82) is 5.26 Å². The molecule has 0 amide bonds. The van der Waals surface area contributed by atoms with Gasteiger partial charge in [-0.15, -0.1) is 0 Å². The molecule has 1 aliphatic rings. The van der Waals surface area contributed by atoms with Crippen LogP contribution < -0.4 is 0 Å². The summed E-state index contributed by atoms with van der Waals surface area (Å²) in [5, 5.41) is 44.8. The summed E-state index contributed by atoms with van der Waals surface area (Å²) < 4.78 is 4.69. The van der Waals surface area contributed by atoms with Gasteiger partial charge in [-0.05, 0) is 0 Å². The molecule has 0 spiro atoms. The number of hydrogen-bond acceptors (Lipinski definition) is 6. The third kappa shape index (κ3) is 1.96. The van der Waals surface area contributed by atoms with Gasteiger partial charge < -0.3 is 25.2 Å². The summed E-state index contributed by atoms with van der Waals surface area (Å²) in [6.07, 6.45) is -7.04. The van der Waals surface area contributed by atoms with Crippen molar-refractivity contribution in [3.63, 3.8) is 0 Å². The Morgan fingerprint density at radius 2 is 1.69 bits per heavy atom. The van der Waals surface area contributed by atoms with E-state index < -0.39 is 30.7 Å². The van der Waals surface area contributed by atoms with E-state index in [9.17, 15) is 5.11 Å². The van der Waals surface area contributed by atoms with Crippen LogP contribution in [0.25, 0.3) is 0 Å². The maximum absolute atomic E-state index is 9.26. The van der Waals surface area contributed by atoms with Gasteiger partial charge in [0.1, 0.15) is 24.4 Å². The van der Waals surface area contributed by atoms with E-state index in [1.54, 1.807) is 6.07 Å². The predicted octanol–water partition coefficient (Wildman–Crippen LogP) is -2.30. The number of aliphatic hydroxyl groups excluding tert-OH is 4. The van der Waals surface area contributed by atoms with Crippen LogP contribution in [0.1, 0.15) is 6.42 Å². The second kappa shape index (κ2) is 4.00. The summed E-state index contributed by atoms with van der Waals surface area (Å²) in [6.45, 7) is 0. The molecule has 0 aromatic rings. The summed E-state index contributed by atoms with van der Waals surface area (Å²) in [7, 11) is 0. The average molecular weight is 189 g/mol. The van der Waals surface area contributed by atoms with Crippen molar-refractivity contribution in [3.8, 4) is 6.07 Å². The van der Waals surface area contributed by atoms with Crippen molar-refractivity contribution in [2.24, 2.45) is 0 Å². The molecule has 1 saturated heterocycles. The Bertz CT molecular complexity index is 215. The Morgan fingerprint density at radius 3 is 2.23 bits per heavy atom. The van der Waals surface area contributed by atoms with Crippen LogP contribution >= 0.6 is 0 Å². The van der Waals surface area contributed by atoms with Gasteiger partial charge >= 0.3 is 0 Å². The van der Waals surface area contributed by atoms with Gasteiger partial charge in [-0.25, -0.2) is 0 Å². The minimum atomic E-state index is -1.56. The van der Waals surface area contributed by atoms with Crippen LogP contribution in [0.2, 0.25) is 0 Å². The van der Waals surface area contributed by atoms with Gasteiger partial charge in [0.2, 0.25) is 0 Å². The highest BCUT2D eigenvalue weighted by Crippen LogP contribution is 2.21. The van der Waals surface area contributed by atoms with E-state index in [2.05, 4.69) is 0 Å². The van der Waals surface area contributed by atoms with Crippen LogP contribution in [-0.2, 0) is 4.74 Å². The Morgan fingerprint density at radius 1 is 1.08 bits per heavy atom. The fourth-order valence-corrected chi connectivity index (χ4v) is 1.19. The highest BCUT2D eigenvalue weighted by atomic mass is 16.6. The molecular weight excluding hydrogens is 178 g/mol. The van der Waals surface area contributed by atoms with E-state index in [0.717, 1.165) is 0 Å². The lowest BCUT2D eigenvalue weighted by molar-refractivity contribution is -0.280. The van der Waals surface area contributed by atoms with Crippen molar-refractivity contribution in [2.45, 2.75) is 37.1 Å². The average Bonchev–Trinajstić information content (AvgIpc) is 2.11. The lowest BCUT2D eigenvalue weighted by atomic mass is 9.97. The Hall–Kier alpha value is -0.710. The van der Waals surface area contributed by atoms with E-state index in [4.69, 9.17) is 25.3 Å². The minimum Gasteiger partial charge on any atom is -0.388 e. The smallest absolute Gasteiger partial charge is 0.183 e. The Labute approximate surface area is 74.6 Å². The van der Waals surface area contributed by atoms with Gasteiger partial charge in [0.05, 0.1) is 12.5 Å². The zero-order valence-corrected chi connectivity index (χ0v) is 6.74. The van der Waals surface area contributed by atoms with Crippen LogP contribution in [0.15, 0.2) is 0 Å². The number of ether oxygens (including phenoxy) is 1. The minimum absolute atomic E-state index is 0.151. The molecule has 1 unspecified atom stereocenters. The third-order valence-electron chi connectivity index (χ3n) is 1.98. The summed E-state index contributed by atoms with van der Waals surface area (Å²) in [4.78, 5) is 0. The molecule has 74 valence electrons. The van der Waals surface area contributed by atoms with Gasteiger partial charge in [0.25, 0.3) is 0 Å². The molecule has 1 fully saturated rings. The first-order valence-corrected chi connectivity index (χ1v) is 3.82. The zero-order chi connectivity index (χ0) is 10.0. The summed E-state index contributed by atoms with van der Waals surface area (Å²) >= 11 is 0. The van der Waals surface area contributed by atoms with Crippen molar-refractivity contribution < 1.29 is 25.2 Å². The van der Waals surface area contributed by atoms with E-state index in [-0.39, 0.29) is 6.42 Å². The molecule has 4 N–H and O–H groups in total. The zero-order valence-electron chi connectivity index (χ0n) is 6.74. The largest absolute Gasteiger partial charge is 0.388 e. The molecule has 6 heteroatoms. The molecule has 13 heavy (non-hydrogen) atoms. The number of hydrogen-bond donors (Lipinski definition) is 4. The maximum atomic E-state index is 9.26. The molecule has 1 aliphatic heterocycles. The quantitative estimate of drug-likeness (QED) is 0.369. The lowest BCUT2D eigenvalue weighted by Gasteiger charge is -2.37. The molecule has 0 aromatic carbocycles. The highest BCUT2D eigenvalue weighted by Gasteiger charge is 2.42. The second-order valence-electron chi connectivity index (χ2n) is 2.90. The third-order valence-corrected chi connectivity index (χ3v) is 1.98. The number of aliphatic hydroxyl groups is 4. The van der Waals surface area contributed by atoms with E-state index in [1.807, 2.05) is 0 Å². The molecule has 1 heterocycles. The van der Waals surface area contributed by atoms with Gasteiger partial charge in [-0.3, -0.25) is 0 Å². The standard InChI is InChI=1S/C7H11NO5/c8-2-1-3-4(9)5(10)6(11)7(12)13-3/h3-7,9-12H,1H2/t3-,4+,5+,6-,7?/m1/s1. The summed E-state index contributed by atoms with van der Waals surface area (Å²) in [6, 6.07) is 1.73. The molecule has 0 saturated carbocycles. The van der Waals surface area contributed by atoms with Crippen LogP contribution in [-0.4, -0.2) is 51.1 Å². The highest BCUT2D eigenvalue weighted by molar-refractivity contribution is 4.92. The van der Waals surface area contributed by atoms with Crippen molar-refractivity contribution in [3.05, 3.63) is 0 Å². The first kappa shape index (κ1) is 10.4. The molecule has 0 radical (unpaired) electrons. The summed E-state index contributed by atoms with van der Waals surface area (Å²) in [5.41, 5.74) is 0. The van der Waals surface area contributed by atoms with Crippen LogP contribution in [0, 0.1) is 11.3 Å². The predicted molar refractivity (Wildman–Crippen MR) is 39.1 cm³/mol. The van der Waals surface area contributed by atoms with Gasteiger partial charge in [0, 0.05) is 0 Å². The van der Waals surface area contributed by atoms with Gasteiger partial charge in [-0.1, -0.05) is 0 Å². The lowest BCUT2D eigenvalue weighted by Crippen LogP contribution is -2.57. The fraction of sp³-hybridized carbons (Fsp3) is 0.857. The van der Waals surface area contributed by atoms with Crippen LogP contribution in [0.3, 0.4) is 0 Å². The number of nitriles is 1. The first-order chi connectivity index (χ1) is 6.07. The molecule has 0 bridgehead atoms. The Balaban J connectivity index is 2.65. The number of nitrogens with zero attached hydrogens (tertiary/aromatic N) is 1. The molecular formula is C7H11NO5. The molecule has 6 nitrogen and oxygen atoms in total. The van der Waals surface area contributed by atoms with Crippen LogP contribution in [0.5, 0.6) is 0 Å². The van der Waals surface area contributed by atoms with Gasteiger partial charge in [-0.2, -0.15) is 5.26 Å². The van der Waals surface area contributed by atoms with Crippen molar-refractivity contribution in [1.82, 2.24) is 0 Å². The molecule has 0 aromatic heterocycles. The summed E-state index contributed by atoms with van der Waals surface area (Å²) in [5.74, 6) is 0. The topological polar surface area (TPSA) is 114 Å². The van der Waals surface area contributed by atoms with Crippen molar-refractivity contribution in [2.75, 3.05) is 0 Å². The monoisotopic (exact) mass is 189 g/mol. The molecule has 5 atom stereocenters.